The first-order valence-corrected chi connectivity index (χ1v) is 9.12. The molecule has 1 unspecified atom stereocenters. The highest BCUT2D eigenvalue weighted by atomic mass is 15.2. The van der Waals surface area contributed by atoms with E-state index in [2.05, 4.69) is 63.1 Å². The average Bonchev–Trinajstić information content (AvgIpc) is 3.35. The maximum absolute atomic E-state index is 4.67. The molecule has 128 valence electrons. The number of rotatable bonds is 5. The zero-order valence-corrected chi connectivity index (χ0v) is 14.7. The summed E-state index contributed by atoms with van der Waals surface area (Å²) in [6, 6.07) is 7.28. The van der Waals surface area contributed by atoms with E-state index in [-0.39, 0.29) is 0 Å². The molecule has 0 amide bonds. The van der Waals surface area contributed by atoms with Crippen LogP contribution in [-0.2, 0) is 7.05 Å². The van der Waals surface area contributed by atoms with E-state index in [0.717, 1.165) is 30.5 Å². The van der Waals surface area contributed by atoms with Gasteiger partial charge in [0.1, 0.15) is 11.6 Å². The number of hydrogen-bond donors (Lipinski definition) is 1. The van der Waals surface area contributed by atoms with Gasteiger partial charge in [-0.3, -0.25) is 0 Å². The van der Waals surface area contributed by atoms with Crippen LogP contribution in [0.2, 0.25) is 0 Å². The van der Waals surface area contributed by atoms with Gasteiger partial charge in [0.15, 0.2) is 0 Å². The summed E-state index contributed by atoms with van der Waals surface area (Å²) >= 11 is 0. The van der Waals surface area contributed by atoms with Gasteiger partial charge in [-0.15, -0.1) is 0 Å². The molecular weight excluding hydrogens is 298 g/mol. The minimum absolute atomic E-state index is 0.415. The van der Waals surface area contributed by atoms with Gasteiger partial charge in [-0.2, -0.15) is 0 Å². The highest BCUT2D eigenvalue weighted by Gasteiger charge is 2.36. The molecule has 0 aromatic carbocycles. The third kappa shape index (κ3) is 3.31. The molecule has 0 radical (unpaired) electrons. The predicted molar refractivity (Wildman–Crippen MR) is 96.0 cm³/mol. The first kappa shape index (κ1) is 15.6. The molecule has 2 aliphatic rings. The average molecular weight is 325 g/mol. The number of nitrogens with zero attached hydrogens (tertiary/aromatic N) is 4. The largest absolute Gasteiger partial charge is 0.356 e. The molecule has 2 aromatic heterocycles. The van der Waals surface area contributed by atoms with Crippen LogP contribution in [0, 0.1) is 12.8 Å². The van der Waals surface area contributed by atoms with Crippen molar-refractivity contribution in [1.82, 2.24) is 19.9 Å². The Hall–Kier alpha value is -1.88. The second-order valence-electron chi connectivity index (χ2n) is 7.28. The molecule has 2 fully saturated rings. The van der Waals surface area contributed by atoms with Crippen molar-refractivity contribution in [2.45, 2.75) is 44.7 Å². The van der Waals surface area contributed by atoms with Crippen molar-refractivity contribution in [1.29, 1.82) is 0 Å². The summed E-state index contributed by atoms with van der Waals surface area (Å²) in [5, 5.41) is 3.91. The van der Waals surface area contributed by atoms with Gasteiger partial charge in [0.05, 0.1) is 6.04 Å². The van der Waals surface area contributed by atoms with E-state index in [4.69, 9.17) is 0 Å². The summed E-state index contributed by atoms with van der Waals surface area (Å²) in [5.74, 6) is 3.08. The van der Waals surface area contributed by atoms with Crippen LogP contribution in [0.3, 0.4) is 0 Å². The molecule has 5 heteroatoms. The van der Waals surface area contributed by atoms with Gasteiger partial charge in [-0.05, 0) is 50.7 Å². The Kier molecular flexibility index (Phi) is 4.27. The summed E-state index contributed by atoms with van der Waals surface area (Å²) in [6.07, 6.45) is 8.97. The number of aromatic nitrogens is 3. The molecule has 1 N–H and O–H groups in total. The lowest BCUT2D eigenvalue weighted by Crippen LogP contribution is -2.44. The lowest BCUT2D eigenvalue weighted by molar-refractivity contribution is 0.336. The van der Waals surface area contributed by atoms with E-state index >= 15 is 0 Å². The minimum atomic E-state index is 0.415. The quantitative estimate of drug-likeness (QED) is 0.918. The number of anilines is 1. The van der Waals surface area contributed by atoms with Crippen molar-refractivity contribution in [2.75, 3.05) is 18.0 Å². The molecule has 1 saturated carbocycles. The predicted octanol–water partition coefficient (Wildman–Crippen LogP) is 2.83. The SMILES string of the molecule is Cc1cccc(N2CCC(NC(c3nccn3C)C3CC3)CC2)n1. The Morgan fingerprint density at radius 1 is 1.17 bits per heavy atom. The molecule has 1 saturated heterocycles. The summed E-state index contributed by atoms with van der Waals surface area (Å²) in [4.78, 5) is 11.7. The van der Waals surface area contributed by atoms with E-state index in [9.17, 15) is 0 Å². The minimum Gasteiger partial charge on any atom is -0.356 e. The standard InChI is InChI=1S/C19H27N5/c1-14-4-3-5-17(21-14)24-11-8-16(9-12-24)22-18(15-6-7-15)19-20-10-13-23(19)2/h3-5,10,13,15-16,18,22H,6-9,11-12H2,1-2H3. The number of imidazole rings is 1. The Bertz CT molecular complexity index is 683. The van der Waals surface area contributed by atoms with Gasteiger partial charge in [-0.25, -0.2) is 9.97 Å². The third-order valence-corrected chi connectivity index (χ3v) is 5.34. The fourth-order valence-corrected chi connectivity index (χ4v) is 3.76. The van der Waals surface area contributed by atoms with Gasteiger partial charge < -0.3 is 14.8 Å². The molecule has 0 bridgehead atoms. The molecule has 1 atom stereocenters. The smallest absolute Gasteiger partial charge is 0.128 e. The number of pyridine rings is 1. The fraction of sp³-hybridized carbons (Fsp3) is 0.579. The van der Waals surface area contributed by atoms with E-state index in [1.807, 2.05) is 6.20 Å². The van der Waals surface area contributed by atoms with Crippen LogP contribution in [0.1, 0.15) is 43.2 Å². The maximum atomic E-state index is 4.67. The monoisotopic (exact) mass is 325 g/mol. The fourth-order valence-electron chi connectivity index (χ4n) is 3.76. The Morgan fingerprint density at radius 3 is 2.58 bits per heavy atom. The zero-order valence-electron chi connectivity index (χ0n) is 14.7. The van der Waals surface area contributed by atoms with Crippen LogP contribution in [0.4, 0.5) is 5.82 Å². The number of aryl methyl sites for hydroxylation is 2. The first-order chi connectivity index (χ1) is 11.7. The highest BCUT2D eigenvalue weighted by Crippen LogP contribution is 2.41. The van der Waals surface area contributed by atoms with E-state index in [1.165, 1.54) is 31.5 Å². The van der Waals surface area contributed by atoms with Gasteiger partial charge in [0.25, 0.3) is 0 Å². The Labute approximate surface area is 144 Å². The zero-order chi connectivity index (χ0) is 16.5. The number of nitrogens with one attached hydrogen (secondary N) is 1. The first-order valence-electron chi connectivity index (χ1n) is 9.12. The van der Waals surface area contributed by atoms with Crippen LogP contribution in [0.15, 0.2) is 30.6 Å². The molecule has 1 aliphatic heterocycles. The maximum Gasteiger partial charge on any atom is 0.128 e. The molecule has 3 heterocycles. The van der Waals surface area contributed by atoms with Crippen LogP contribution in [0.5, 0.6) is 0 Å². The topological polar surface area (TPSA) is 46.0 Å². The van der Waals surface area contributed by atoms with Gasteiger partial charge in [0, 0.05) is 44.3 Å². The Morgan fingerprint density at radius 2 is 1.96 bits per heavy atom. The molecule has 24 heavy (non-hydrogen) atoms. The van der Waals surface area contributed by atoms with E-state index in [1.54, 1.807) is 0 Å². The lowest BCUT2D eigenvalue weighted by Gasteiger charge is -2.35. The Balaban J connectivity index is 1.38. The van der Waals surface area contributed by atoms with Crippen molar-refractivity contribution in [2.24, 2.45) is 13.0 Å². The third-order valence-electron chi connectivity index (χ3n) is 5.34. The number of piperidine rings is 1. The summed E-state index contributed by atoms with van der Waals surface area (Å²) in [7, 11) is 2.10. The molecule has 4 rings (SSSR count). The van der Waals surface area contributed by atoms with Crippen LogP contribution in [0.25, 0.3) is 0 Å². The van der Waals surface area contributed by atoms with Crippen molar-refractivity contribution < 1.29 is 0 Å². The molecule has 0 spiro atoms. The van der Waals surface area contributed by atoms with Crippen LogP contribution < -0.4 is 10.2 Å². The van der Waals surface area contributed by atoms with E-state index < -0.39 is 0 Å². The van der Waals surface area contributed by atoms with Crippen molar-refractivity contribution in [3.63, 3.8) is 0 Å². The molecule has 5 nitrogen and oxygen atoms in total. The van der Waals surface area contributed by atoms with Crippen molar-refractivity contribution >= 4 is 5.82 Å². The lowest BCUT2D eigenvalue weighted by atomic mass is 10.0. The van der Waals surface area contributed by atoms with Gasteiger partial charge >= 0.3 is 0 Å². The normalized spacial score (nSPS) is 20.3. The second kappa shape index (κ2) is 6.55. The van der Waals surface area contributed by atoms with Gasteiger partial charge in [-0.1, -0.05) is 6.07 Å². The van der Waals surface area contributed by atoms with Crippen molar-refractivity contribution in [3.05, 3.63) is 42.1 Å². The van der Waals surface area contributed by atoms with Crippen LogP contribution >= 0.6 is 0 Å². The van der Waals surface area contributed by atoms with E-state index in [0.29, 0.717) is 12.1 Å². The van der Waals surface area contributed by atoms with Crippen LogP contribution in [-0.4, -0.2) is 33.7 Å². The van der Waals surface area contributed by atoms with Gasteiger partial charge in [0.2, 0.25) is 0 Å². The number of hydrogen-bond acceptors (Lipinski definition) is 4. The molecule has 2 aromatic rings. The molecule has 1 aliphatic carbocycles. The summed E-state index contributed by atoms with van der Waals surface area (Å²) in [6.45, 7) is 4.21. The second-order valence-corrected chi connectivity index (χ2v) is 7.28. The summed E-state index contributed by atoms with van der Waals surface area (Å²) in [5.41, 5.74) is 1.09. The highest BCUT2D eigenvalue weighted by molar-refractivity contribution is 5.39. The van der Waals surface area contributed by atoms with Crippen molar-refractivity contribution in [3.8, 4) is 0 Å². The molecular formula is C19H27N5. The summed E-state index contributed by atoms with van der Waals surface area (Å²) < 4.78 is 2.17.